The van der Waals surface area contributed by atoms with E-state index in [0.717, 1.165) is 12.1 Å². The molecule has 0 saturated heterocycles. The molecule has 0 aliphatic rings. The monoisotopic (exact) mass is 202 g/mol. The number of hydrogen-bond donors (Lipinski definition) is 0. The molecule has 0 aliphatic heterocycles. The molecule has 0 amide bonds. The Morgan fingerprint density at radius 3 is 2.00 bits per heavy atom. The maximum absolute atomic E-state index is 13.4. The van der Waals surface area contributed by atoms with Gasteiger partial charge < -0.3 is 0 Å². The highest BCUT2D eigenvalue weighted by molar-refractivity contribution is 6.60. The zero-order valence-electron chi connectivity index (χ0n) is 9.06. The van der Waals surface area contributed by atoms with E-state index in [9.17, 15) is 4.39 Å². The van der Waals surface area contributed by atoms with Crippen LogP contribution in [-0.4, -0.2) is 14.6 Å². The SMILES string of the molecule is C=CC(F)[SiH](CCCC)CCCC. The predicted octanol–water partition coefficient (Wildman–Crippen LogP) is 3.88. The van der Waals surface area contributed by atoms with E-state index in [1.807, 2.05) is 0 Å². The Balaban J connectivity index is 3.79. The quantitative estimate of drug-likeness (QED) is 0.414. The van der Waals surface area contributed by atoms with Gasteiger partial charge in [-0.25, -0.2) is 4.39 Å². The fraction of sp³-hybridized carbons (Fsp3) is 0.818. The highest BCUT2D eigenvalue weighted by Gasteiger charge is 2.18. The molecular formula is C11H23FSi. The van der Waals surface area contributed by atoms with E-state index in [2.05, 4.69) is 20.4 Å². The molecule has 0 heterocycles. The Morgan fingerprint density at radius 1 is 1.23 bits per heavy atom. The van der Waals surface area contributed by atoms with Gasteiger partial charge in [-0.1, -0.05) is 57.7 Å². The largest absolute Gasteiger partial charge is 0.247 e. The van der Waals surface area contributed by atoms with Gasteiger partial charge in [0.05, 0.1) is 8.80 Å². The molecule has 0 saturated carbocycles. The average Bonchev–Trinajstić information content (AvgIpc) is 2.17. The Morgan fingerprint density at radius 2 is 1.69 bits per heavy atom. The second kappa shape index (κ2) is 8.48. The maximum atomic E-state index is 13.4. The lowest BCUT2D eigenvalue weighted by Gasteiger charge is -2.16. The lowest BCUT2D eigenvalue weighted by Crippen LogP contribution is -2.24. The number of alkyl halides is 1. The molecule has 0 aromatic carbocycles. The van der Waals surface area contributed by atoms with Gasteiger partial charge in [-0.2, -0.15) is 0 Å². The highest BCUT2D eigenvalue weighted by atomic mass is 28.3. The van der Waals surface area contributed by atoms with Crippen LogP contribution in [0.25, 0.3) is 0 Å². The first-order valence-corrected chi connectivity index (χ1v) is 7.82. The third kappa shape index (κ3) is 6.03. The van der Waals surface area contributed by atoms with Gasteiger partial charge in [0.1, 0.15) is 5.79 Å². The van der Waals surface area contributed by atoms with Crippen molar-refractivity contribution in [3.63, 3.8) is 0 Å². The summed E-state index contributed by atoms with van der Waals surface area (Å²) in [4.78, 5) is 0. The summed E-state index contributed by atoms with van der Waals surface area (Å²) in [7, 11) is -1.15. The van der Waals surface area contributed by atoms with E-state index in [1.165, 1.54) is 31.8 Å². The van der Waals surface area contributed by atoms with Crippen molar-refractivity contribution < 1.29 is 4.39 Å². The minimum Gasteiger partial charge on any atom is -0.247 e. The summed E-state index contributed by atoms with van der Waals surface area (Å²) >= 11 is 0. The van der Waals surface area contributed by atoms with Gasteiger partial charge in [0.2, 0.25) is 0 Å². The zero-order chi connectivity index (χ0) is 10.1. The molecule has 13 heavy (non-hydrogen) atoms. The number of halogens is 1. The lowest BCUT2D eigenvalue weighted by atomic mass is 10.4. The minimum absolute atomic E-state index is 0.655. The van der Waals surface area contributed by atoms with Crippen LogP contribution in [0.4, 0.5) is 4.39 Å². The van der Waals surface area contributed by atoms with E-state index in [0.29, 0.717) is 0 Å². The summed E-state index contributed by atoms with van der Waals surface area (Å²) in [5.74, 6) is -0.655. The molecule has 0 aromatic heterocycles. The Kier molecular flexibility index (Phi) is 8.41. The smallest absolute Gasteiger partial charge is 0.103 e. The van der Waals surface area contributed by atoms with Crippen LogP contribution in [0.1, 0.15) is 39.5 Å². The summed E-state index contributed by atoms with van der Waals surface area (Å²) in [6, 6.07) is 2.31. The molecule has 0 nitrogen and oxygen atoms in total. The first-order chi connectivity index (χ1) is 6.26. The van der Waals surface area contributed by atoms with Gasteiger partial charge in [0.25, 0.3) is 0 Å². The standard InChI is InChI=1S/C11H23FSi/c1-4-7-9-13(10-8-5-2)11(12)6-3/h6,11,13H,3-5,7-10H2,1-2H3. The van der Waals surface area contributed by atoms with Crippen molar-refractivity contribution >= 4 is 8.80 Å². The van der Waals surface area contributed by atoms with E-state index in [-0.39, 0.29) is 0 Å². The molecule has 2 heteroatoms. The average molecular weight is 202 g/mol. The van der Waals surface area contributed by atoms with Crippen molar-refractivity contribution in [2.45, 2.75) is 57.4 Å². The third-order valence-electron chi connectivity index (χ3n) is 2.53. The maximum Gasteiger partial charge on any atom is 0.103 e. The van der Waals surface area contributed by atoms with Crippen LogP contribution in [0, 0.1) is 0 Å². The zero-order valence-corrected chi connectivity index (χ0v) is 10.2. The molecule has 78 valence electrons. The van der Waals surface area contributed by atoms with Crippen LogP contribution < -0.4 is 0 Å². The van der Waals surface area contributed by atoms with Crippen molar-refractivity contribution in [2.75, 3.05) is 0 Å². The molecule has 0 rings (SSSR count). The molecule has 0 N–H and O–H groups in total. The van der Waals surface area contributed by atoms with Crippen LogP contribution in [-0.2, 0) is 0 Å². The van der Waals surface area contributed by atoms with Crippen LogP contribution in [0.3, 0.4) is 0 Å². The van der Waals surface area contributed by atoms with Gasteiger partial charge in [0, 0.05) is 0 Å². The fourth-order valence-corrected chi connectivity index (χ4v) is 4.76. The topological polar surface area (TPSA) is 0 Å². The number of allylic oxidation sites excluding steroid dienone is 1. The highest BCUT2D eigenvalue weighted by Crippen LogP contribution is 2.15. The van der Waals surface area contributed by atoms with Gasteiger partial charge in [-0.05, 0) is 0 Å². The lowest BCUT2D eigenvalue weighted by molar-refractivity contribution is 0.495. The van der Waals surface area contributed by atoms with Crippen LogP contribution in [0.15, 0.2) is 12.7 Å². The van der Waals surface area contributed by atoms with Crippen molar-refractivity contribution in [2.24, 2.45) is 0 Å². The third-order valence-corrected chi connectivity index (χ3v) is 6.00. The molecule has 0 radical (unpaired) electrons. The first-order valence-electron chi connectivity index (χ1n) is 5.52. The second-order valence-corrected chi connectivity index (χ2v) is 7.04. The molecule has 0 bridgehead atoms. The van der Waals surface area contributed by atoms with E-state index in [1.54, 1.807) is 0 Å². The van der Waals surface area contributed by atoms with Crippen molar-refractivity contribution in [3.05, 3.63) is 12.7 Å². The molecule has 1 atom stereocenters. The summed E-state index contributed by atoms with van der Waals surface area (Å²) in [5.41, 5.74) is 0. The van der Waals surface area contributed by atoms with Gasteiger partial charge in [0.15, 0.2) is 0 Å². The van der Waals surface area contributed by atoms with Crippen LogP contribution in [0.2, 0.25) is 12.1 Å². The van der Waals surface area contributed by atoms with Gasteiger partial charge >= 0.3 is 0 Å². The summed E-state index contributed by atoms with van der Waals surface area (Å²) in [6.07, 6.45) is 6.31. The van der Waals surface area contributed by atoms with E-state index in [4.69, 9.17) is 0 Å². The molecule has 0 aliphatic carbocycles. The molecule has 0 spiro atoms. The van der Waals surface area contributed by atoms with Crippen LogP contribution in [0.5, 0.6) is 0 Å². The van der Waals surface area contributed by atoms with Crippen LogP contribution >= 0.6 is 0 Å². The fourth-order valence-electron chi connectivity index (χ4n) is 1.59. The second-order valence-electron chi connectivity index (χ2n) is 3.72. The predicted molar refractivity (Wildman–Crippen MR) is 61.7 cm³/mol. The molecular weight excluding hydrogens is 179 g/mol. The first kappa shape index (κ1) is 12.9. The van der Waals surface area contributed by atoms with E-state index >= 15 is 0 Å². The molecule has 1 unspecified atom stereocenters. The number of hydrogen-bond acceptors (Lipinski definition) is 0. The number of unbranched alkanes of at least 4 members (excludes halogenated alkanes) is 2. The Hall–Kier alpha value is -0.113. The Labute approximate surface area is 83.8 Å². The Bertz CT molecular complexity index is 117. The number of rotatable bonds is 8. The summed E-state index contributed by atoms with van der Waals surface area (Å²) in [6.45, 7) is 7.90. The molecule has 0 aromatic rings. The molecule has 0 fully saturated rings. The van der Waals surface area contributed by atoms with Gasteiger partial charge in [-0.3, -0.25) is 0 Å². The summed E-state index contributed by atoms with van der Waals surface area (Å²) in [5, 5.41) is 0. The minimum atomic E-state index is -1.15. The van der Waals surface area contributed by atoms with Crippen molar-refractivity contribution in [1.82, 2.24) is 0 Å². The van der Waals surface area contributed by atoms with E-state index < -0.39 is 14.6 Å². The normalized spacial score (nSPS) is 13.2. The summed E-state index contributed by atoms with van der Waals surface area (Å²) < 4.78 is 13.4. The van der Waals surface area contributed by atoms with Crippen molar-refractivity contribution in [1.29, 1.82) is 0 Å². The van der Waals surface area contributed by atoms with Crippen molar-refractivity contribution in [3.8, 4) is 0 Å². The van der Waals surface area contributed by atoms with Gasteiger partial charge in [-0.15, -0.1) is 6.58 Å².